The van der Waals surface area contributed by atoms with Gasteiger partial charge in [0.2, 0.25) is 11.8 Å². The van der Waals surface area contributed by atoms with E-state index in [2.05, 4.69) is 28.8 Å². The molecule has 0 aromatic heterocycles. The zero-order chi connectivity index (χ0) is 13.4. The minimum absolute atomic E-state index is 0. The van der Waals surface area contributed by atoms with Crippen molar-refractivity contribution in [3.8, 4) is 0 Å². The molecule has 3 unspecified atom stereocenters. The van der Waals surface area contributed by atoms with Crippen molar-refractivity contribution in [3.63, 3.8) is 0 Å². The fourth-order valence-electron chi connectivity index (χ4n) is 3.04. The SMILES string of the molecule is Cl.NCC(=O)NCC(=O)NC1C2Cc3ccccc3C21. The Labute approximate surface area is 123 Å². The van der Waals surface area contributed by atoms with E-state index in [9.17, 15) is 9.59 Å². The fourth-order valence-corrected chi connectivity index (χ4v) is 3.04. The molecule has 1 fully saturated rings. The first kappa shape index (κ1) is 14.8. The predicted octanol–water partition coefficient (Wildman–Crippen LogP) is -0.0624. The largest absolute Gasteiger partial charge is 0.351 e. The van der Waals surface area contributed by atoms with Crippen LogP contribution < -0.4 is 16.4 Å². The Morgan fingerprint density at radius 1 is 1.25 bits per heavy atom. The number of hydrogen-bond acceptors (Lipinski definition) is 3. The van der Waals surface area contributed by atoms with Crippen LogP contribution in [0.3, 0.4) is 0 Å². The number of benzene rings is 1. The highest BCUT2D eigenvalue weighted by atomic mass is 35.5. The molecule has 3 rings (SSSR count). The highest BCUT2D eigenvalue weighted by Gasteiger charge is 2.56. The second kappa shape index (κ2) is 5.81. The summed E-state index contributed by atoms with van der Waals surface area (Å²) in [6.45, 7) is -0.0804. The lowest BCUT2D eigenvalue weighted by molar-refractivity contribution is -0.125. The molecular formula is C14H18ClN3O2. The van der Waals surface area contributed by atoms with Gasteiger partial charge in [-0.25, -0.2) is 0 Å². The van der Waals surface area contributed by atoms with Gasteiger partial charge >= 0.3 is 0 Å². The van der Waals surface area contributed by atoms with Crippen LogP contribution in [0.4, 0.5) is 0 Å². The molecule has 0 heterocycles. The van der Waals surface area contributed by atoms with E-state index in [0.29, 0.717) is 11.8 Å². The number of fused-ring (bicyclic) bond motifs is 3. The number of hydrogen-bond donors (Lipinski definition) is 3. The van der Waals surface area contributed by atoms with Gasteiger partial charge in [-0.3, -0.25) is 9.59 Å². The summed E-state index contributed by atoms with van der Waals surface area (Å²) < 4.78 is 0. The summed E-state index contributed by atoms with van der Waals surface area (Å²) in [6.07, 6.45) is 1.04. The molecule has 1 aromatic carbocycles. The molecule has 0 aliphatic heterocycles. The van der Waals surface area contributed by atoms with E-state index >= 15 is 0 Å². The van der Waals surface area contributed by atoms with E-state index in [1.54, 1.807) is 0 Å². The van der Waals surface area contributed by atoms with Crippen molar-refractivity contribution in [1.29, 1.82) is 0 Å². The Kier molecular flexibility index (Phi) is 4.30. The smallest absolute Gasteiger partial charge is 0.239 e. The van der Waals surface area contributed by atoms with E-state index < -0.39 is 0 Å². The van der Waals surface area contributed by atoms with Crippen molar-refractivity contribution >= 4 is 24.2 Å². The molecule has 1 aromatic rings. The number of nitrogens with two attached hydrogens (primary N) is 1. The summed E-state index contributed by atoms with van der Waals surface area (Å²) in [5.74, 6) is 0.548. The molecule has 0 bridgehead atoms. The van der Waals surface area contributed by atoms with E-state index in [0.717, 1.165) is 6.42 Å². The maximum atomic E-state index is 11.7. The quantitative estimate of drug-likeness (QED) is 0.727. The molecule has 4 N–H and O–H groups in total. The lowest BCUT2D eigenvalue weighted by atomic mass is 10.1. The van der Waals surface area contributed by atoms with Crippen LogP contribution in [0.25, 0.3) is 0 Å². The summed E-state index contributed by atoms with van der Waals surface area (Å²) >= 11 is 0. The average molecular weight is 296 g/mol. The molecule has 0 spiro atoms. The van der Waals surface area contributed by atoms with Crippen molar-refractivity contribution in [2.45, 2.75) is 18.4 Å². The van der Waals surface area contributed by atoms with Crippen LogP contribution in [0.1, 0.15) is 17.0 Å². The second-order valence-electron chi connectivity index (χ2n) is 5.17. The van der Waals surface area contributed by atoms with Crippen molar-refractivity contribution in [3.05, 3.63) is 35.4 Å². The molecule has 0 saturated heterocycles. The van der Waals surface area contributed by atoms with Crippen LogP contribution >= 0.6 is 12.4 Å². The monoisotopic (exact) mass is 295 g/mol. The first-order valence-corrected chi connectivity index (χ1v) is 6.54. The zero-order valence-corrected chi connectivity index (χ0v) is 11.8. The average Bonchev–Trinajstić information content (AvgIpc) is 2.94. The third-order valence-electron chi connectivity index (χ3n) is 4.00. The van der Waals surface area contributed by atoms with Crippen LogP contribution in [0.5, 0.6) is 0 Å². The maximum absolute atomic E-state index is 11.7. The Morgan fingerprint density at radius 3 is 2.75 bits per heavy atom. The summed E-state index contributed by atoms with van der Waals surface area (Å²) in [7, 11) is 0. The summed E-state index contributed by atoms with van der Waals surface area (Å²) in [5.41, 5.74) is 7.92. The van der Waals surface area contributed by atoms with Crippen LogP contribution in [0.15, 0.2) is 24.3 Å². The molecule has 1 saturated carbocycles. The second-order valence-corrected chi connectivity index (χ2v) is 5.17. The van der Waals surface area contributed by atoms with Gasteiger partial charge in [0.1, 0.15) is 0 Å². The molecule has 2 aliphatic carbocycles. The van der Waals surface area contributed by atoms with Crippen LogP contribution in [-0.4, -0.2) is 30.9 Å². The first-order valence-electron chi connectivity index (χ1n) is 6.54. The Morgan fingerprint density at radius 2 is 2.00 bits per heavy atom. The lowest BCUT2D eigenvalue weighted by Gasteiger charge is -2.10. The van der Waals surface area contributed by atoms with Crippen LogP contribution in [-0.2, 0) is 16.0 Å². The topological polar surface area (TPSA) is 84.2 Å². The molecule has 20 heavy (non-hydrogen) atoms. The number of halogens is 1. The lowest BCUT2D eigenvalue weighted by Crippen LogP contribution is -2.41. The van der Waals surface area contributed by atoms with Crippen molar-refractivity contribution in [2.75, 3.05) is 13.1 Å². The third-order valence-corrected chi connectivity index (χ3v) is 4.00. The summed E-state index contributed by atoms with van der Waals surface area (Å²) in [6, 6.07) is 8.63. The zero-order valence-electron chi connectivity index (χ0n) is 11.0. The molecule has 5 nitrogen and oxygen atoms in total. The Bertz CT molecular complexity index is 535. The van der Waals surface area contributed by atoms with E-state index in [-0.39, 0.29) is 43.4 Å². The number of carbonyl (C=O) groups is 2. The van der Waals surface area contributed by atoms with E-state index in [1.165, 1.54) is 11.1 Å². The van der Waals surface area contributed by atoms with Gasteiger partial charge < -0.3 is 16.4 Å². The number of nitrogens with one attached hydrogen (secondary N) is 2. The van der Waals surface area contributed by atoms with Gasteiger partial charge in [0.05, 0.1) is 13.1 Å². The highest BCUT2D eigenvalue weighted by molar-refractivity contribution is 5.86. The molecule has 6 heteroatoms. The maximum Gasteiger partial charge on any atom is 0.239 e. The number of carbonyl (C=O) groups excluding carboxylic acids is 2. The van der Waals surface area contributed by atoms with Gasteiger partial charge in [-0.1, -0.05) is 24.3 Å². The molecule has 108 valence electrons. The molecule has 2 amide bonds. The van der Waals surface area contributed by atoms with Gasteiger partial charge in [0, 0.05) is 12.0 Å². The fraction of sp³-hybridized carbons (Fsp3) is 0.429. The van der Waals surface area contributed by atoms with E-state index in [1.807, 2.05) is 6.07 Å². The summed E-state index contributed by atoms with van der Waals surface area (Å²) in [4.78, 5) is 22.7. The Hall–Kier alpha value is -1.59. The minimum Gasteiger partial charge on any atom is -0.351 e. The van der Waals surface area contributed by atoms with Crippen LogP contribution in [0.2, 0.25) is 0 Å². The van der Waals surface area contributed by atoms with Crippen LogP contribution in [0, 0.1) is 5.92 Å². The van der Waals surface area contributed by atoms with Crippen molar-refractivity contribution < 1.29 is 9.59 Å². The van der Waals surface area contributed by atoms with Crippen molar-refractivity contribution in [1.82, 2.24) is 10.6 Å². The number of rotatable bonds is 4. The molecule has 0 radical (unpaired) electrons. The highest BCUT2D eigenvalue weighted by Crippen LogP contribution is 2.56. The predicted molar refractivity (Wildman–Crippen MR) is 77.6 cm³/mol. The normalized spacial score (nSPS) is 24.9. The Balaban J connectivity index is 0.00000147. The molecular weight excluding hydrogens is 278 g/mol. The van der Waals surface area contributed by atoms with Gasteiger partial charge in [0.15, 0.2) is 0 Å². The third kappa shape index (κ3) is 2.64. The first-order chi connectivity index (χ1) is 9.20. The summed E-state index contributed by atoms with van der Waals surface area (Å²) in [5, 5.41) is 5.46. The van der Waals surface area contributed by atoms with Gasteiger partial charge in [-0.05, 0) is 23.5 Å². The van der Waals surface area contributed by atoms with E-state index in [4.69, 9.17) is 5.73 Å². The molecule has 2 aliphatic rings. The number of amides is 2. The minimum atomic E-state index is -0.309. The molecule has 3 atom stereocenters. The standard InChI is InChI=1S/C14H17N3O2.ClH/c15-6-11(18)16-7-12(19)17-14-10-5-8-3-1-2-4-9(8)13(10)14;/h1-4,10,13-14H,5-7,15H2,(H,16,18)(H,17,19);1H. The van der Waals surface area contributed by atoms with Gasteiger partial charge in [-0.2, -0.15) is 0 Å². The van der Waals surface area contributed by atoms with Gasteiger partial charge in [-0.15, -0.1) is 12.4 Å². The van der Waals surface area contributed by atoms with Crippen molar-refractivity contribution in [2.24, 2.45) is 11.7 Å². The van der Waals surface area contributed by atoms with Gasteiger partial charge in [0.25, 0.3) is 0 Å².